The molecule has 0 bridgehead atoms. The molecule has 1 atom stereocenters. The largest absolute Gasteiger partial charge is 0.464 e. The second-order valence-electron chi connectivity index (χ2n) is 5.17. The molecule has 5 nitrogen and oxygen atoms in total. The number of hydrogen-bond acceptors (Lipinski definition) is 4. The normalized spacial score (nSPS) is 12.8. The number of nitrogen functional groups attached to an aromatic ring is 1. The third-order valence-corrected chi connectivity index (χ3v) is 3.20. The van der Waals surface area contributed by atoms with Crippen LogP contribution in [0.3, 0.4) is 0 Å². The van der Waals surface area contributed by atoms with Gasteiger partial charge in [-0.05, 0) is 31.0 Å². The number of ether oxygens (including phenoxy) is 1. The number of imidazole rings is 1. The molecule has 108 valence electrons. The van der Waals surface area contributed by atoms with E-state index in [4.69, 9.17) is 22.1 Å². The van der Waals surface area contributed by atoms with E-state index in [0.717, 1.165) is 5.52 Å². The Balaban J connectivity index is 2.32. The standard InChI is InChI=1S/C14H18ClN3O2/c1-8(2)7-20-13(19)9(3)18-12-5-4-10(15)6-11(12)17-14(18)16/h4-6,8-9H,7H2,1-3H3,(H2,16,17). The van der Waals surface area contributed by atoms with Crippen molar-refractivity contribution in [1.82, 2.24) is 9.55 Å². The van der Waals surface area contributed by atoms with Gasteiger partial charge in [-0.15, -0.1) is 0 Å². The van der Waals surface area contributed by atoms with Crippen molar-refractivity contribution in [2.24, 2.45) is 5.92 Å². The number of nitrogens with zero attached hydrogens (tertiary/aromatic N) is 2. The Labute approximate surface area is 122 Å². The molecule has 1 aromatic carbocycles. The molecule has 6 heteroatoms. The molecule has 0 saturated carbocycles. The molecule has 2 aromatic rings. The van der Waals surface area contributed by atoms with Gasteiger partial charge in [-0.2, -0.15) is 0 Å². The Bertz CT molecular complexity index is 637. The summed E-state index contributed by atoms with van der Waals surface area (Å²) in [6.45, 7) is 6.11. The number of fused-ring (bicyclic) bond motifs is 1. The Morgan fingerprint density at radius 3 is 2.80 bits per heavy atom. The van der Waals surface area contributed by atoms with Crippen LogP contribution in [0.1, 0.15) is 26.8 Å². The summed E-state index contributed by atoms with van der Waals surface area (Å²) in [4.78, 5) is 16.3. The Morgan fingerprint density at radius 2 is 2.15 bits per heavy atom. The first kappa shape index (κ1) is 14.7. The summed E-state index contributed by atoms with van der Waals surface area (Å²) < 4.78 is 6.91. The molecule has 0 aliphatic heterocycles. The van der Waals surface area contributed by atoms with E-state index in [1.165, 1.54) is 0 Å². The molecule has 2 N–H and O–H groups in total. The lowest BCUT2D eigenvalue weighted by molar-refractivity contribution is -0.148. The number of aromatic nitrogens is 2. The monoisotopic (exact) mass is 295 g/mol. The van der Waals surface area contributed by atoms with Gasteiger partial charge in [0.15, 0.2) is 0 Å². The number of esters is 1. The molecule has 0 saturated heterocycles. The second kappa shape index (κ2) is 5.71. The molecular weight excluding hydrogens is 278 g/mol. The average Bonchev–Trinajstić information content (AvgIpc) is 2.69. The van der Waals surface area contributed by atoms with Crippen molar-refractivity contribution < 1.29 is 9.53 Å². The van der Waals surface area contributed by atoms with Crippen LogP contribution in [0, 0.1) is 5.92 Å². The summed E-state index contributed by atoms with van der Waals surface area (Å²) in [5.41, 5.74) is 7.33. The highest BCUT2D eigenvalue weighted by atomic mass is 35.5. The fourth-order valence-corrected chi connectivity index (χ4v) is 2.14. The van der Waals surface area contributed by atoms with Crippen molar-refractivity contribution in [3.63, 3.8) is 0 Å². The molecule has 0 aliphatic carbocycles. The Morgan fingerprint density at radius 1 is 1.45 bits per heavy atom. The van der Waals surface area contributed by atoms with Gasteiger partial charge in [0.2, 0.25) is 5.95 Å². The zero-order valence-electron chi connectivity index (χ0n) is 11.8. The first-order chi connectivity index (χ1) is 9.40. The van der Waals surface area contributed by atoms with Gasteiger partial charge in [-0.25, -0.2) is 9.78 Å². The average molecular weight is 296 g/mol. The van der Waals surface area contributed by atoms with Gasteiger partial charge in [0.25, 0.3) is 0 Å². The zero-order valence-corrected chi connectivity index (χ0v) is 12.5. The maximum atomic E-state index is 12.1. The van der Waals surface area contributed by atoms with Gasteiger partial charge >= 0.3 is 5.97 Å². The molecule has 1 unspecified atom stereocenters. The third-order valence-electron chi connectivity index (χ3n) is 2.97. The van der Waals surface area contributed by atoms with Crippen LogP contribution in [0.15, 0.2) is 18.2 Å². The van der Waals surface area contributed by atoms with E-state index in [1.54, 1.807) is 29.7 Å². The SMILES string of the molecule is CC(C)COC(=O)C(C)n1c(N)nc2cc(Cl)ccc21. The lowest BCUT2D eigenvalue weighted by Crippen LogP contribution is -2.22. The molecule has 0 spiro atoms. The molecule has 0 fully saturated rings. The minimum atomic E-state index is -0.528. The number of carbonyl (C=O) groups is 1. The lowest BCUT2D eigenvalue weighted by Gasteiger charge is -2.16. The van der Waals surface area contributed by atoms with E-state index < -0.39 is 6.04 Å². The van der Waals surface area contributed by atoms with Crippen LogP contribution < -0.4 is 5.73 Å². The lowest BCUT2D eigenvalue weighted by atomic mass is 10.2. The predicted octanol–water partition coefficient (Wildman–Crippen LogP) is 3.03. The van der Waals surface area contributed by atoms with Gasteiger partial charge in [0.1, 0.15) is 6.04 Å². The molecule has 1 aromatic heterocycles. The fraction of sp³-hybridized carbons (Fsp3) is 0.429. The highest BCUT2D eigenvalue weighted by Gasteiger charge is 2.22. The summed E-state index contributed by atoms with van der Waals surface area (Å²) >= 11 is 5.93. The highest BCUT2D eigenvalue weighted by molar-refractivity contribution is 6.31. The van der Waals surface area contributed by atoms with Crippen LogP contribution in [-0.4, -0.2) is 22.1 Å². The summed E-state index contributed by atoms with van der Waals surface area (Å²) in [5, 5.41) is 0.581. The maximum Gasteiger partial charge on any atom is 0.328 e. The minimum absolute atomic E-state index is 0.274. The van der Waals surface area contributed by atoms with Crippen LogP contribution in [-0.2, 0) is 9.53 Å². The van der Waals surface area contributed by atoms with Crippen molar-refractivity contribution >= 4 is 34.6 Å². The predicted molar refractivity (Wildman–Crippen MR) is 79.7 cm³/mol. The van der Waals surface area contributed by atoms with Crippen LogP contribution in [0.4, 0.5) is 5.95 Å². The molecule has 20 heavy (non-hydrogen) atoms. The smallest absolute Gasteiger partial charge is 0.328 e. The fourth-order valence-electron chi connectivity index (χ4n) is 1.97. The summed E-state index contributed by atoms with van der Waals surface area (Å²) in [5.74, 6) is 0.248. The summed E-state index contributed by atoms with van der Waals surface area (Å²) in [6.07, 6.45) is 0. The van der Waals surface area contributed by atoms with Crippen molar-refractivity contribution in [2.75, 3.05) is 12.3 Å². The van der Waals surface area contributed by atoms with Crippen molar-refractivity contribution in [3.8, 4) is 0 Å². The van der Waals surface area contributed by atoms with Gasteiger partial charge < -0.3 is 10.5 Å². The van der Waals surface area contributed by atoms with Gasteiger partial charge in [-0.3, -0.25) is 4.57 Å². The molecular formula is C14H18ClN3O2. The topological polar surface area (TPSA) is 70.1 Å². The number of nitrogens with two attached hydrogens (primary N) is 1. The number of anilines is 1. The number of hydrogen-bond donors (Lipinski definition) is 1. The first-order valence-corrected chi connectivity index (χ1v) is 6.87. The van der Waals surface area contributed by atoms with Crippen LogP contribution in [0.2, 0.25) is 5.02 Å². The molecule has 0 amide bonds. The van der Waals surface area contributed by atoms with Crippen molar-refractivity contribution in [1.29, 1.82) is 0 Å². The minimum Gasteiger partial charge on any atom is -0.464 e. The van der Waals surface area contributed by atoms with Crippen LogP contribution in [0.5, 0.6) is 0 Å². The number of carbonyl (C=O) groups excluding carboxylic acids is 1. The van der Waals surface area contributed by atoms with Crippen molar-refractivity contribution in [3.05, 3.63) is 23.2 Å². The number of rotatable bonds is 4. The van der Waals surface area contributed by atoms with Crippen LogP contribution in [0.25, 0.3) is 11.0 Å². The Hall–Kier alpha value is -1.75. The number of halogens is 1. The molecule has 1 heterocycles. The van der Waals surface area contributed by atoms with E-state index in [9.17, 15) is 4.79 Å². The zero-order chi connectivity index (χ0) is 14.9. The van der Waals surface area contributed by atoms with Crippen molar-refractivity contribution in [2.45, 2.75) is 26.8 Å². The van der Waals surface area contributed by atoms with E-state index in [-0.39, 0.29) is 11.9 Å². The summed E-state index contributed by atoms with van der Waals surface area (Å²) in [7, 11) is 0. The van der Waals surface area contributed by atoms with Gasteiger partial charge in [-0.1, -0.05) is 25.4 Å². The molecule has 0 aliphatic rings. The van der Waals surface area contributed by atoms with E-state index in [0.29, 0.717) is 23.1 Å². The molecule has 0 radical (unpaired) electrons. The number of benzene rings is 1. The Kier molecular flexibility index (Phi) is 4.18. The third kappa shape index (κ3) is 2.88. The summed E-state index contributed by atoms with van der Waals surface area (Å²) in [6, 6.07) is 4.73. The quantitative estimate of drug-likeness (QED) is 0.880. The van der Waals surface area contributed by atoms with Gasteiger partial charge in [0.05, 0.1) is 17.6 Å². The molecule has 2 rings (SSSR count). The van der Waals surface area contributed by atoms with E-state index in [1.807, 2.05) is 13.8 Å². The van der Waals surface area contributed by atoms with E-state index in [2.05, 4.69) is 4.98 Å². The maximum absolute atomic E-state index is 12.1. The van der Waals surface area contributed by atoms with Crippen LogP contribution >= 0.6 is 11.6 Å². The van der Waals surface area contributed by atoms with Gasteiger partial charge in [0, 0.05) is 5.02 Å². The highest BCUT2D eigenvalue weighted by Crippen LogP contribution is 2.25. The second-order valence-corrected chi connectivity index (χ2v) is 5.61. The first-order valence-electron chi connectivity index (χ1n) is 6.49. The van der Waals surface area contributed by atoms with E-state index >= 15 is 0 Å².